The second-order valence-corrected chi connectivity index (χ2v) is 3.46. The van der Waals surface area contributed by atoms with E-state index in [0.29, 0.717) is 0 Å². The van der Waals surface area contributed by atoms with E-state index in [1.54, 1.807) is 0 Å². The zero-order valence-corrected chi connectivity index (χ0v) is 19.2. The van der Waals surface area contributed by atoms with Gasteiger partial charge >= 0.3 is 92.1 Å². The molecule has 0 aromatic rings. The Morgan fingerprint density at radius 2 is 0.122 bits per heavy atom. The zero-order valence-electron chi connectivity index (χ0n) is 19.2. The van der Waals surface area contributed by atoms with Gasteiger partial charge in [0.25, 0.3) is 0 Å². The van der Waals surface area contributed by atoms with Crippen molar-refractivity contribution in [3.63, 3.8) is 0 Å². The van der Waals surface area contributed by atoms with Gasteiger partial charge in [0.05, 0.1) is 0 Å². The number of rotatable bonds is 0. The van der Waals surface area contributed by atoms with Crippen molar-refractivity contribution >= 4 is 92.1 Å². The van der Waals surface area contributed by atoms with Crippen LogP contribution in [0.15, 0.2) is 0 Å². The molecular weight excluding hydrogens is 595 g/mol. The van der Waals surface area contributed by atoms with Gasteiger partial charge in [-0.3, -0.25) is 0 Å². The summed E-state index contributed by atoms with van der Waals surface area (Å²) >= 11 is 0. The minimum atomic E-state index is -2.17. The van der Waals surface area contributed by atoms with Crippen molar-refractivity contribution in [2.24, 2.45) is 0 Å². The molecule has 0 saturated carbocycles. The van der Waals surface area contributed by atoms with Gasteiger partial charge in [-0.15, -0.1) is 0 Å². The molecule has 0 atom stereocenters. The van der Waals surface area contributed by atoms with E-state index in [1.807, 2.05) is 0 Å². The van der Waals surface area contributed by atoms with Crippen LogP contribution in [0.3, 0.4) is 0 Å². The Morgan fingerprint density at radius 1 is 0.122 bits per heavy atom. The molecule has 0 heterocycles. The quantitative estimate of drug-likeness (QED) is 0.111. The van der Waals surface area contributed by atoms with Crippen molar-refractivity contribution in [1.29, 1.82) is 0 Å². The first-order valence-electron chi connectivity index (χ1n) is 7.75. The van der Waals surface area contributed by atoms with Crippen LogP contribution in [0, 0.1) is 0 Å². The van der Waals surface area contributed by atoms with Gasteiger partial charge in [0.15, 0.2) is 0 Å². The van der Waals surface area contributed by atoms with Gasteiger partial charge in [-0.2, -0.15) is 0 Å². The molecule has 0 spiro atoms. The van der Waals surface area contributed by atoms with Crippen molar-refractivity contribution in [3.05, 3.63) is 0 Å². The van der Waals surface area contributed by atoms with E-state index in [4.69, 9.17) is 151 Å². The molecule has 0 unspecified atom stereocenters. The van der Waals surface area contributed by atoms with Crippen LogP contribution in [-0.4, -0.2) is 243 Å². The Hall–Kier alpha value is 0.0468. The summed E-state index contributed by atoms with van der Waals surface area (Å²) in [5.41, 5.74) is 0. The van der Waals surface area contributed by atoms with Gasteiger partial charge in [-0.25, -0.2) is 0 Å². The molecule has 41 heavy (non-hydrogen) atoms. The molecule has 0 aliphatic rings. The summed E-state index contributed by atoms with van der Waals surface area (Å²) in [6.07, 6.45) is 0. The molecular formula is H31B10LiO30. The van der Waals surface area contributed by atoms with Gasteiger partial charge in [-0.05, 0) is 0 Å². The first-order valence-corrected chi connectivity index (χ1v) is 7.75. The molecule has 0 amide bonds. The summed E-state index contributed by atoms with van der Waals surface area (Å²) in [5, 5.41) is 215. The SMILES string of the molecule is OB(O)O.OB(O)O.OB(O)O.OB(O)O.OB(O)O.OB(O)O.OB(O)O.OB(O)O.OB(O)O.OB(O)O.[LiH]. The Labute approximate surface area is 243 Å². The normalized spacial score (nSPS) is 6.59. The van der Waals surface area contributed by atoms with Gasteiger partial charge in [0.1, 0.15) is 0 Å². The second kappa shape index (κ2) is 67.6. The summed E-state index contributed by atoms with van der Waals surface area (Å²) in [6.45, 7) is 0. The predicted molar refractivity (Wildman–Crippen MR) is 131 cm³/mol. The molecule has 0 rings (SSSR count). The van der Waals surface area contributed by atoms with Crippen molar-refractivity contribution < 1.29 is 151 Å². The molecule has 0 aliphatic heterocycles. The Balaban J connectivity index is -0.0000000270. The van der Waals surface area contributed by atoms with Crippen molar-refractivity contribution in [1.82, 2.24) is 0 Å². The van der Waals surface area contributed by atoms with Crippen molar-refractivity contribution in [2.45, 2.75) is 0 Å². The maximum absolute atomic E-state index is 7.17. The van der Waals surface area contributed by atoms with Crippen molar-refractivity contribution in [3.8, 4) is 0 Å². The van der Waals surface area contributed by atoms with Gasteiger partial charge in [0.2, 0.25) is 0 Å². The summed E-state index contributed by atoms with van der Waals surface area (Å²) in [6, 6.07) is 0. The fraction of sp³-hybridized carbons (Fsp3) is 0. The third-order valence-electron chi connectivity index (χ3n) is 0. The third kappa shape index (κ3) is 26500000. The molecule has 242 valence electrons. The second-order valence-electron chi connectivity index (χ2n) is 3.46. The van der Waals surface area contributed by atoms with Gasteiger partial charge in [-0.1, -0.05) is 0 Å². The van der Waals surface area contributed by atoms with E-state index in [9.17, 15) is 0 Å². The molecule has 30 N–H and O–H groups in total. The molecule has 0 saturated heterocycles. The Morgan fingerprint density at radius 3 is 0.122 bits per heavy atom. The number of hydrogen-bond acceptors (Lipinski definition) is 30. The Kier molecular flexibility index (Phi) is 120. The van der Waals surface area contributed by atoms with E-state index < -0.39 is 73.2 Å². The van der Waals surface area contributed by atoms with Crippen LogP contribution in [-0.2, 0) is 0 Å². The average molecular weight is 626 g/mol. The van der Waals surface area contributed by atoms with Crippen LogP contribution >= 0.6 is 0 Å². The summed E-state index contributed by atoms with van der Waals surface area (Å²) < 4.78 is 0. The van der Waals surface area contributed by atoms with E-state index >= 15 is 0 Å². The van der Waals surface area contributed by atoms with Crippen LogP contribution < -0.4 is 0 Å². The summed E-state index contributed by atoms with van der Waals surface area (Å²) in [5.74, 6) is 0. The molecule has 0 radical (unpaired) electrons. The van der Waals surface area contributed by atoms with E-state index in [-0.39, 0.29) is 18.9 Å². The van der Waals surface area contributed by atoms with E-state index in [1.165, 1.54) is 0 Å². The van der Waals surface area contributed by atoms with Crippen molar-refractivity contribution in [2.75, 3.05) is 0 Å². The fourth-order valence-electron chi connectivity index (χ4n) is 0. The first-order chi connectivity index (χ1) is 17.3. The monoisotopic (exact) mass is 628 g/mol. The molecule has 0 bridgehead atoms. The molecule has 30 nitrogen and oxygen atoms in total. The average Bonchev–Trinajstić information content (AvgIpc) is 2.47. The molecule has 0 fully saturated rings. The molecule has 0 aromatic heterocycles. The topological polar surface area (TPSA) is 607 Å². The fourth-order valence-corrected chi connectivity index (χ4v) is 0. The van der Waals surface area contributed by atoms with Crippen LogP contribution in [0.1, 0.15) is 0 Å². The predicted octanol–water partition coefficient (Wildman–Crippen LogP) is -21.2. The first kappa shape index (κ1) is 72.9. The summed E-state index contributed by atoms with van der Waals surface area (Å²) in [7, 11) is -21.7. The zero-order chi connectivity index (χ0) is 35.8. The third-order valence-corrected chi connectivity index (χ3v) is 0. The van der Waals surface area contributed by atoms with Crippen LogP contribution in [0.5, 0.6) is 0 Å². The molecule has 41 heteroatoms. The summed E-state index contributed by atoms with van der Waals surface area (Å²) in [4.78, 5) is 0. The van der Waals surface area contributed by atoms with E-state index in [0.717, 1.165) is 0 Å². The maximum atomic E-state index is 7.17. The molecule has 0 aromatic carbocycles. The van der Waals surface area contributed by atoms with Gasteiger partial charge in [0, 0.05) is 0 Å². The Bertz CT molecular complexity index is 186. The van der Waals surface area contributed by atoms with Crippen LogP contribution in [0.4, 0.5) is 0 Å². The molecule has 0 aliphatic carbocycles. The minimum absolute atomic E-state index is 0. The van der Waals surface area contributed by atoms with Gasteiger partial charge < -0.3 is 151 Å². The van der Waals surface area contributed by atoms with Crippen LogP contribution in [0.2, 0.25) is 0 Å². The van der Waals surface area contributed by atoms with Crippen LogP contribution in [0.25, 0.3) is 0 Å². The van der Waals surface area contributed by atoms with E-state index in [2.05, 4.69) is 0 Å². The number of hydrogen-bond donors (Lipinski definition) is 30. The standard InChI is InChI=1S/10BH3O3.Li.H/c10*2-1(3)4;;/h10*2-4H;;.